The Morgan fingerprint density at radius 3 is 2.94 bits per heavy atom. The van der Waals surface area contributed by atoms with Crippen molar-refractivity contribution in [1.29, 1.82) is 0 Å². The van der Waals surface area contributed by atoms with Gasteiger partial charge in [-0.05, 0) is 10.4 Å². The Balaban J connectivity index is 2.36. The number of aromatic nitrogens is 5. The number of halogens is 2. The van der Waals surface area contributed by atoms with Crippen LogP contribution < -0.4 is 10.6 Å². The predicted octanol–water partition coefficient (Wildman–Crippen LogP) is -0.451. The molecule has 2 N–H and O–H groups in total. The third-order valence-corrected chi connectivity index (χ3v) is 2.17. The lowest BCUT2D eigenvalue weighted by atomic mass is 10.4. The molecule has 2 rings (SSSR count). The number of alkyl halides is 2. The standard InChI is InChI=1S/C8H11F2N7/c9-6(10)5-16(2-1-11)8-4-12-3-7-13-14-15-17(7)8/h3-4,6H,1-2,5,11H2. The summed E-state index contributed by atoms with van der Waals surface area (Å²) in [4.78, 5) is 5.31. The molecule has 0 spiro atoms. The van der Waals surface area contributed by atoms with Gasteiger partial charge in [-0.3, -0.25) is 4.98 Å². The maximum absolute atomic E-state index is 12.5. The second-order valence-corrected chi connectivity index (χ2v) is 3.34. The molecule has 0 bridgehead atoms. The van der Waals surface area contributed by atoms with Gasteiger partial charge in [0.05, 0.1) is 18.9 Å². The number of rotatable bonds is 5. The van der Waals surface area contributed by atoms with E-state index in [2.05, 4.69) is 20.5 Å². The Labute approximate surface area is 95.2 Å². The molecule has 7 nitrogen and oxygen atoms in total. The summed E-state index contributed by atoms with van der Waals surface area (Å²) in [5.74, 6) is 0.401. The lowest BCUT2D eigenvalue weighted by molar-refractivity contribution is 0.154. The maximum Gasteiger partial charge on any atom is 0.255 e. The molecule has 92 valence electrons. The van der Waals surface area contributed by atoms with Crippen molar-refractivity contribution in [2.45, 2.75) is 6.43 Å². The number of anilines is 1. The van der Waals surface area contributed by atoms with E-state index >= 15 is 0 Å². The topological polar surface area (TPSA) is 85.2 Å². The van der Waals surface area contributed by atoms with Gasteiger partial charge >= 0.3 is 0 Å². The molecule has 0 saturated carbocycles. The molecule has 0 unspecified atom stereocenters. The van der Waals surface area contributed by atoms with E-state index in [-0.39, 0.29) is 13.1 Å². The van der Waals surface area contributed by atoms with Gasteiger partial charge in [-0.25, -0.2) is 8.78 Å². The average Bonchev–Trinajstić information content (AvgIpc) is 2.75. The fourth-order valence-corrected chi connectivity index (χ4v) is 1.50. The molecule has 0 aliphatic rings. The first-order valence-electron chi connectivity index (χ1n) is 4.97. The van der Waals surface area contributed by atoms with Crippen LogP contribution in [0.2, 0.25) is 0 Å². The third-order valence-electron chi connectivity index (χ3n) is 2.17. The highest BCUT2D eigenvalue weighted by Gasteiger charge is 2.16. The van der Waals surface area contributed by atoms with Gasteiger partial charge in [-0.1, -0.05) is 0 Å². The second-order valence-electron chi connectivity index (χ2n) is 3.34. The van der Waals surface area contributed by atoms with Crippen molar-refractivity contribution in [2.24, 2.45) is 5.73 Å². The Morgan fingerprint density at radius 2 is 2.24 bits per heavy atom. The van der Waals surface area contributed by atoms with Gasteiger partial charge < -0.3 is 10.6 Å². The first-order valence-corrected chi connectivity index (χ1v) is 4.97. The number of hydrogen-bond donors (Lipinski definition) is 1. The predicted molar refractivity (Wildman–Crippen MR) is 55.8 cm³/mol. The molecular formula is C8H11F2N7. The quantitative estimate of drug-likeness (QED) is 0.765. The van der Waals surface area contributed by atoms with Crippen LogP contribution in [-0.4, -0.2) is 51.1 Å². The minimum absolute atomic E-state index is 0.255. The number of nitrogens with zero attached hydrogens (tertiary/aromatic N) is 6. The highest BCUT2D eigenvalue weighted by Crippen LogP contribution is 2.13. The van der Waals surface area contributed by atoms with Crippen molar-refractivity contribution in [1.82, 2.24) is 25.0 Å². The smallest absolute Gasteiger partial charge is 0.255 e. The fourth-order valence-electron chi connectivity index (χ4n) is 1.50. The minimum atomic E-state index is -2.46. The summed E-state index contributed by atoms with van der Waals surface area (Å²) < 4.78 is 26.3. The third kappa shape index (κ3) is 2.44. The monoisotopic (exact) mass is 243 g/mol. The first kappa shape index (κ1) is 11.6. The summed E-state index contributed by atoms with van der Waals surface area (Å²) in [6.45, 7) is 0.105. The first-order chi connectivity index (χ1) is 8.22. The zero-order valence-corrected chi connectivity index (χ0v) is 8.87. The molecule has 2 aromatic heterocycles. The van der Waals surface area contributed by atoms with E-state index in [1.807, 2.05) is 0 Å². The van der Waals surface area contributed by atoms with E-state index in [1.54, 1.807) is 0 Å². The summed E-state index contributed by atoms with van der Waals surface area (Å²) in [5.41, 5.74) is 5.80. The van der Waals surface area contributed by atoms with Crippen molar-refractivity contribution < 1.29 is 8.78 Å². The van der Waals surface area contributed by atoms with E-state index < -0.39 is 13.0 Å². The van der Waals surface area contributed by atoms with Crippen LogP contribution in [0, 0.1) is 0 Å². The highest BCUT2D eigenvalue weighted by atomic mass is 19.3. The van der Waals surface area contributed by atoms with Crippen molar-refractivity contribution in [3.05, 3.63) is 12.4 Å². The van der Waals surface area contributed by atoms with Crippen LogP contribution in [0.4, 0.5) is 14.6 Å². The Hall–Kier alpha value is -1.90. The van der Waals surface area contributed by atoms with Gasteiger partial charge in [0.1, 0.15) is 0 Å². The molecule has 0 saturated heterocycles. The summed E-state index contributed by atoms with van der Waals surface area (Å²) in [6.07, 6.45) is 0.418. The van der Waals surface area contributed by atoms with Gasteiger partial charge in [0, 0.05) is 13.1 Å². The molecule has 0 amide bonds. The summed E-state index contributed by atoms with van der Waals surface area (Å²) in [6, 6.07) is 0. The highest BCUT2D eigenvalue weighted by molar-refractivity contribution is 5.45. The minimum Gasteiger partial charge on any atom is -0.348 e. The van der Waals surface area contributed by atoms with Crippen molar-refractivity contribution in [2.75, 3.05) is 24.5 Å². The average molecular weight is 243 g/mol. The maximum atomic E-state index is 12.5. The van der Waals surface area contributed by atoms with Gasteiger partial charge in [0.25, 0.3) is 6.43 Å². The van der Waals surface area contributed by atoms with Crippen LogP contribution >= 0.6 is 0 Å². The molecule has 2 heterocycles. The van der Waals surface area contributed by atoms with Gasteiger partial charge in [-0.2, -0.15) is 4.52 Å². The molecule has 0 aliphatic carbocycles. The Morgan fingerprint density at radius 1 is 1.41 bits per heavy atom. The summed E-state index contributed by atoms with van der Waals surface area (Å²) >= 11 is 0. The van der Waals surface area contributed by atoms with Crippen LogP contribution in [0.1, 0.15) is 0 Å². The normalized spacial score (nSPS) is 11.3. The van der Waals surface area contributed by atoms with E-state index in [4.69, 9.17) is 5.73 Å². The lowest BCUT2D eigenvalue weighted by Gasteiger charge is -2.22. The molecule has 0 aliphatic heterocycles. The van der Waals surface area contributed by atoms with Crippen molar-refractivity contribution >= 4 is 11.5 Å². The van der Waals surface area contributed by atoms with Crippen LogP contribution in [0.15, 0.2) is 12.4 Å². The lowest BCUT2D eigenvalue weighted by Crippen LogP contribution is -2.35. The second kappa shape index (κ2) is 4.95. The molecule has 0 fully saturated rings. The van der Waals surface area contributed by atoms with Crippen LogP contribution in [-0.2, 0) is 0 Å². The molecular weight excluding hydrogens is 232 g/mol. The van der Waals surface area contributed by atoms with Crippen molar-refractivity contribution in [3.63, 3.8) is 0 Å². The molecule has 0 aromatic carbocycles. The number of fused-ring (bicyclic) bond motifs is 1. The molecule has 2 aromatic rings. The van der Waals surface area contributed by atoms with E-state index in [1.165, 1.54) is 21.8 Å². The largest absolute Gasteiger partial charge is 0.348 e. The van der Waals surface area contributed by atoms with E-state index in [0.29, 0.717) is 11.5 Å². The SMILES string of the molecule is NCCN(CC(F)F)c1cncc2nnnn12. The molecule has 0 atom stereocenters. The zero-order chi connectivity index (χ0) is 12.3. The van der Waals surface area contributed by atoms with E-state index in [0.717, 1.165) is 0 Å². The molecule has 0 radical (unpaired) electrons. The molecule has 9 heteroatoms. The van der Waals surface area contributed by atoms with Crippen molar-refractivity contribution in [3.8, 4) is 0 Å². The Bertz CT molecular complexity index is 485. The number of tetrazole rings is 1. The van der Waals surface area contributed by atoms with Crippen LogP contribution in [0.3, 0.4) is 0 Å². The summed E-state index contributed by atoms with van der Waals surface area (Å²) in [7, 11) is 0. The number of hydrogen-bond acceptors (Lipinski definition) is 6. The number of nitrogens with two attached hydrogens (primary N) is 1. The zero-order valence-electron chi connectivity index (χ0n) is 8.87. The fraction of sp³-hybridized carbons (Fsp3) is 0.500. The Kier molecular flexibility index (Phi) is 3.38. The van der Waals surface area contributed by atoms with Crippen LogP contribution in [0.25, 0.3) is 5.65 Å². The van der Waals surface area contributed by atoms with E-state index in [9.17, 15) is 8.78 Å². The van der Waals surface area contributed by atoms with Gasteiger partial charge in [0.2, 0.25) is 0 Å². The van der Waals surface area contributed by atoms with Gasteiger partial charge in [-0.15, -0.1) is 5.10 Å². The summed E-state index contributed by atoms with van der Waals surface area (Å²) in [5, 5.41) is 10.9. The molecule has 17 heavy (non-hydrogen) atoms. The van der Waals surface area contributed by atoms with Gasteiger partial charge in [0.15, 0.2) is 11.5 Å². The van der Waals surface area contributed by atoms with Crippen LogP contribution in [0.5, 0.6) is 0 Å².